The summed E-state index contributed by atoms with van der Waals surface area (Å²) in [5.74, 6) is 0. The molecule has 98 valence electrons. The van der Waals surface area contributed by atoms with Gasteiger partial charge in [-0.25, -0.2) is 0 Å². The van der Waals surface area contributed by atoms with Gasteiger partial charge in [0.15, 0.2) is 0 Å². The van der Waals surface area contributed by atoms with E-state index in [4.69, 9.17) is 19.0 Å². The average Bonchev–Trinajstić information content (AvgIpc) is 2.13. The van der Waals surface area contributed by atoms with Gasteiger partial charge in [-0.05, 0) is 47.6 Å². The summed E-state index contributed by atoms with van der Waals surface area (Å²) in [6, 6.07) is 0.799. The summed E-state index contributed by atoms with van der Waals surface area (Å²) in [7, 11) is -2.52. The molecule has 0 aliphatic carbocycles. The molecule has 0 aliphatic rings. The monoisotopic (exact) mass is 249 g/mol. The van der Waals surface area contributed by atoms with E-state index in [9.17, 15) is 0 Å². The fraction of sp³-hybridized carbons (Fsp3) is 1.00. The van der Waals surface area contributed by atoms with Gasteiger partial charge < -0.3 is 19.0 Å². The van der Waals surface area contributed by atoms with Gasteiger partial charge >= 0.3 is 8.80 Å². The van der Waals surface area contributed by atoms with Crippen LogP contribution in [-0.4, -0.2) is 34.2 Å². The van der Waals surface area contributed by atoms with Gasteiger partial charge in [0.2, 0.25) is 0 Å². The van der Waals surface area contributed by atoms with Crippen LogP contribution in [0.15, 0.2) is 0 Å². The molecule has 0 fully saturated rings. The van der Waals surface area contributed by atoms with E-state index < -0.39 is 8.80 Å². The van der Waals surface area contributed by atoms with E-state index in [0.717, 1.165) is 12.5 Å². The zero-order valence-corrected chi connectivity index (χ0v) is 12.3. The first-order valence-electron chi connectivity index (χ1n) is 6.15. The molecule has 0 saturated carbocycles. The minimum absolute atomic E-state index is 0.120. The third-order valence-corrected chi connectivity index (χ3v) is 5.24. The highest BCUT2D eigenvalue weighted by molar-refractivity contribution is 6.60. The maximum atomic E-state index is 5.93. The molecule has 0 bridgehead atoms. The maximum Gasteiger partial charge on any atom is 0.501 e. The topological polar surface area (TPSA) is 53.7 Å². The van der Waals surface area contributed by atoms with E-state index in [2.05, 4.69) is 0 Å². The Labute approximate surface area is 101 Å². The van der Waals surface area contributed by atoms with Crippen LogP contribution in [0.3, 0.4) is 0 Å². The van der Waals surface area contributed by atoms with Crippen molar-refractivity contribution in [1.82, 2.24) is 0 Å². The number of rotatable bonds is 9. The molecule has 5 heteroatoms. The molecule has 4 nitrogen and oxygen atoms in total. The van der Waals surface area contributed by atoms with Crippen LogP contribution >= 0.6 is 0 Å². The fourth-order valence-corrected chi connectivity index (χ4v) is 4.63. The van der Waals surface area contributed by atoms with Crippen LogP contribution in [0.4, 0.5) is 0 Å². The predicted molar refractivity (Wildman–Crippen MR) is 68.3 cm³/mol. The van der Waals surface area contributed by atoms with Gasteiger partial charge in [-0.15, -0.1) is 0 Å². The third kappa shape index (κ3) is 6.60. The summed E-state index contributed by atoms with van der Waals surface area (Å²) >= 11 is 0. The molecule has 0 amide bonds. The molecule has 0 spiro atoms. The molecule has 16 heavy (non-hydrogen) atoms. The van der Waals surface area contributed by atoms with Crippen molar-refractivity contribution in [3.05, 3.63) is 0 Å². The Hall–Kier alpha value is 0.0569. The minimum Gasteiger partial charge on any atom is -0.374 e. The average molecular weight is 249 g/mol. The van der Waals surface area contributed by atoms with E-state index in [1.165, 1.54) is 0 Å². The summed E-state index contributed by atoms with van der Waals surface area (Å²) in [5.41, 5.74) is 5.55. The van der Waals surface area contributed by atoms with Crippen LogP contribution in [-0.2, 0) is 13.3 Å². The highest BCUT2D eigenvalue weighted by Gasteiger charge is 2.42. The van der Waals surface area contributed by atoms with E-state index in [0.29, 0.717) is 13.2 Å². The second-order valence-corrected chi connectivity index (χ2v) is 6.97. The summed E-state index contributed by atoms with van der Waals surface area (Å²) < 4.78 is 17.7. The van der Waals surface area contributed by atoms with Crippen LogP contribution in [0.25, 0.3) is 0 Å². The summed E-state index contributed by atoms with van der Waals surface area (Å²) in [6.45, 7) is 11.3. The number of hydrogen-bond acceptors (Lipinski definition) is 4. The molecule has 0 heterocycles. The Bertz CT molecular complexity index is 167. The first-order chi connectivity index (χ1) is 7.45. The zero-order valence-electron chi connectivity index (χ0n) is 11.3. The van der Waals surface area contributed by atoms with Gasteiger partial charge in [-0.1, -0.05) is 0 Å². The van der Waals surface area contributed by atoms with Crippen LogP contribution < -0.4 is 5.73 Å². The summed E-state index contributed by atoms with van der Waals surface area (Å²) in [5, 5.41) is 0. The lowest BCUT2D eigenvalue weighted by molar-refractivity contribution is 0.0219. The van der Waals surface area contributed by atoms with Gasteiger partial charge in [-0.3, -0.25) is 0 Å². The van der Waals surface area contributed by atoms with Crippen molar-refractivity contribution in [3.63, 3.8) is 0 Å². The molecule has 0 atom stereocenters. The van der Waals surface area contributed by atoms with Crippen molar-refractivity contribution < 1.29 is 13.3 Å². The van der Waals surface area contributed by atoms with Crippen LogP contribution in [0.1, 0.15) is 41.0 Å². The normalized spacial score (nSPS) is 12.8. The van der Waals surface area contributed by atoms with Crippen molar-refractivity contribution in [3.8, 4) is 0 Å². The second kappa shape index (κ2) is 8.19. The fourth-order valence-electron chi connectivity index (χ4n) is 1.54. The highest BCUT2D eigenvalue weighted by atomic mass is 28.4. The van der Waals surface area contributed by atoms with Crippen molar-refractivity contribution in [2.24, 2.45) is 5.73 Å². The quantitative estimate of drug-likeness (QED) is 0.636. The minimum atomic E-state index is -2.52. The number of nitrogens with two attached hydrogens (primary N) is 1. The van der Waals surface area contributed by atoms with Gasteiger partial charge in [0.1, 0.15) is 0 Å². The molecular weight excluding hydrogens is 222 g/mol. The van der Waals surface area contributed by atoms with Crippen molar-refractivity contribution >= 4 is 8.80 Å². The molecule has 0 radical (unpaired) electrons. The molecule has 0 aromatic rings. The SMILES string of the molecule is CCO[Si](CCCN)(OC(C)C)OC(C)C. The van der Waals surface area contributed by atoms with E-state index in [1.54, 1.807) is 0 Å². The lowest BCUT2D eigenvalue weighted by atomic mass is 10.5. The van der Waals surface area contributed by atoms with E-state index in [1.807, 2.05) is 34.6 Å². The van der Waals surface area contributed by atoms with Gasteiger partial charge in [-0.2, -0.15) is 0 Å². The Morgan fingerprint density at radius 1 is 1.06 bits per heavy atom. The van der Waals surface area contributed by atoms with Crippen LogP contribution in [0, 0.1) is 0 Å². The maximum absolute atomic E-state index is 5.93. The first kappa shape index (κ1) is 16.1. The number of hydrogen-bond donors (Lipinski definition) is 1. The second-order valence-electron chi connectivity index (χ2n) is 4.34. The van der Waals surface area contributed by atoms with E-state index >= 15 is 0 Å². The van der Waals surface area contributed by atoms with Gasteiger partial charge in [0, 0.05) is 24.9 Å². The Morgan fingerprint density at radius 3 is 1.88 bits per heavy atom. The van der Waals surface area contributed by atoms with Crippen molar-refractivity contribution in [1.29, 1.82) is 0 Å². The lowest BCUT2D eigenvalue weighted by Crippen LogP contribution is -2.49. The molecule has 0 saturated heterocycles. The van der Waals surface area contributed by atoms with Crippen LogP contribution in [0.5, 0.6) is 0 Å². The standard InChI is InChI=1S/C11H27NO3Si/c1-6-13-16(9-7-8-12,14-10(2)3)15-11(4)5/h10-11H,6-9,12H2,1-5H3. The zero-order chi connectivity index (χ0) is 12.6. The van der Waals surface area contributed by atoms with Crippen LogP contribution in [0.2, 0.25) is 6.04 Å². The molecule has 2 N–H and O–H groups in total. The van der Waals surface area contributed by atoms with E-state index in [-0.39, 0.29) is 12.2 Å². The Kier molecular flexibility index (Phi) is 8.22. The van der Waals surface area contributed by atoms with Gasteiger partial charge in [0.25, 0.3) is 0 Å². The molecule has 0 aromatic heterocycles. The van der Waals surface area contributed by atoms with Crippen molar-refractivity contribution in [2.75, 3.05) is 13.2 Å². The smallest absolute Gasteiger partial charge is 0.374 e. The summed E-state index contributed by atoms with van der Waals surface area (Å²) in [4.78, 5) is 0. The summed E-state index contributed by atoms with van der Waals surface area (Å²) in [6.07, 6.45) is 1.12. The molecular formula is C11H27NO3Si. The Balaban J connectivity index is 4.58. The molecule has 0 unspecified atom stereocenters. The first-order valence-corrected chi connectivity index (χ1v) is 8.08. The van der Waals surface area contributed by atoms with Crippen molar-refractivity contribution in [2.45, 2.75) is 59.3 Å². The molecule has 0 aliphatic heterocycles. The largest absolute Gasteiger partial charge is 0.501 e. The lowest BCUT2D eigenvalue weighted by Gasteiger charge is -2.32. The predicted octanol–water partition coefficient (Wildman–Crippen LogP) is 2.16. The molecule has 0 aromatic carbocycles. The Morgan fingerprint density at radius 2 is 1.56 bits per heavy atom. The molecule has 0 rings (SSSR count). The highest BCUT2D eigenvalue weighted by Crippen LogP contribution is 2.21. The van der Waals surface area contributed by atoms with Gasteiger partial charge in [0.05, 0.1) is 0 Å². The third-order valence-electron chi connectivity index (χ3n) is 1.88.